The maximum atomic E-state index is 12.7. The number of hydrogen-bond acceptors (Lipinski definition) is 4. The van der Waals surface area contributed by atoms with Gasteiger partial charge in [-0.3, -0.25) is 14.6 Å². The fraction of sp³-hybridized carbons (Fsp3) is 0.435. The minimum absolute atomic E-state index is 0.121. The lowest BCUT2D eigenvalue weighted by Crippen LogP contribution is -2.53. The number of nitrogens with one attached hydrogen (secondary N) is 1. The van der Waals surface area contributed by atoms with Crippen LogP contribution in [-0.2, 0) is 20.7 Å². The van der Waals surface area contributed by atoms with Crippen molar-refractivity contribution >= 4 is 17.5 Å². The number of carbonyl (C=O) groups is 2. The Bertz CT molecular complexity index is 858. The molecule has 0 aliphatic carbocycles. The Kier molecular flexibility index (Phi) is 5.62. The van der Waals surface area contributed by atoms with E-state index < -0.39 is 6.10 Å². The van der Waals surface area contributed by atoms with Crippen molar-refractivity contribution < 1.29 is 14.3 Å². The molecule has 2 aromatic rings. The van der Waals surface area contributed by atoms with Gasteiger partial charge in [-0.1, -0.05) is 37.3 Å². The molecule has 6 nitrogen and oxygen atoms in total. The van der Waals surface area contributed by atoms with Crippen LogP contribution in [0, 0.1) is 5.92 Å². The van der Waals surface area contributed by atoms with Gasteiger partial charge in [0.15, 0.2) is 0 Å². The first-order chi connectivity index (χ1) is 14.1. The summed E-state index contributed by atoms with van der Waals surface area (Å²) in [6.45, 7) is 3.47. The van der Waals surface area contributed by atoms with Crippen molar-refractivity contribution in [2.75, 3.05) is 18.4 Å². The molecule has 2 amide bonds. The molecule has 3 atom stereocenters. The molecule has 0 radical (unpaired) electrons. The van der Waals surface area contributed by atoms with Gasteiger partial charge in [-0.05, 0) is 37.0 Å². The molecule has 2 saturated heterocycles. The molecule has 29 heavy (non-hydrogen) atoms. The maximum Gasteiger partial charge on any atom is 0.253 e. The lowest BCUT2D eigenvalue weighted by molar-refractivity contribution is -0.151. The Balaban J connectivity index is 1.33. The number of nitrogens with zero attached hydrogens (tertiary/aromatic N) is 2. The number of anilines is 1. The summed E-state index contributed by atoms with van der Waals surface area (Å²) in [5.74, 6) is 0.221. The number of likely N-dealkylation sites (tertiary alicyclic amines) is 1. The van der Waals surface area contributed by atoms with Crippen molar-refractivity contribution in [2.24, 2.45) is 5.92 Å². The molecule has 1 aromatic heterocycles. The van der Waals surface area contributed by atoms with Gasteiger partial charge in [0, 0.05) is 25.2 Å². The van der Waals surface area contributed by atoms with Crippen molar-refractivity contribution in [1.29, 1.82) is 0 Å². The lowest BCUT2D eigenvalue weighted by Gasteiger charge is -2.44. The second-order valence-corrected chi connectivity index (χ2v) is 8.09. The molecule has 1 N–H and O–H groups in total. The molecule has 0 saturated carbocycles. The molecule has 1 spiro atoms. The summed E-state index contributed by atoms with van der Waals surface area (Å²) in [7, 11) is 0. The first-order valence-corrected chi connectivity index (χ1v) is 10.3. The fourth-order valence-electron chi connectivity index (χ4n) is 4.43. The summed E-state index contributed by atoms with van der Waals surface area (Å²) in [5, 5.41) is 2.88. The summed E-state index contributed by atoms with van der Waals surface area (Å²) >= 11 is 0. The predicted octanol–water partition coefficient (Wildman–Crippen LogP) is 3.05. The fourth-order valence-corrected chi connectivity index (χ4v) is 4.43. The quantitative estimate of drug-likeness (QED) is 0.867. The van der Waals surface area contributed by atoms with Crippen molar-refractivity contribution in [3.8, 4) is 0 Å². The van der Waals surface area contributed by atoms with Crippen LogP contribution in [-0.4, -0.2) is 46.5 Å². The number of hydrogen-bond donors (Lipinski definition) is 1. The number of pyridine rings is 1. The molecule has 1 aromatic carbocycles. The highest BCUT2D eigenvalue weighted by Crippen LogP contribution is 2.42. The van der Waals surface area contributed by atoms with E-state index in [9.17, 15) is 9.59 Å². The average Bonchev–Trinajstić information content (AvgIpc) is 3.17. The zero-order valence-electron chi connectivity index (χ0n) is 16.7. The van der Waals surface area contributed by atoms with Crippen LogP contribution in [0.25, 0.3) is 0 Å². The van der Waals surface area contributed by atoms with Gasteiger partial charge in [0.2, 0.25) is 5.91 Å². The number of rotatable bonds is 4. The summed E-state index contributed by atoms with van der Waals surface area (Å²) in [4.78, 5) is 31.3. The third-order valence-electron chi connectivity index (χ3n) is 6.18. The largest absolute Gasteiger partial charge is 0.362 e. The molecule has 2 aliphatic heterocycles. The van der Waals surface area contributed by atoms with Crippen molar-refractivity contribution in [2.45, 2.75) is 44.3 Å². The molecule has 152 valence electrons. The van der Waals surface area contributed by atoms with E-state index in [4.69, 9.17) is 4.74 Å². The number of amides is 2. The van der Waals surface area contributed by atoms with Crippen LogP contribution in [0.4, 0.5) is 5.69 Å². The first-order valence-electron chi connectivity index (χ1n) is 10.3. The van der Waals surface area contributed by atoms with Crippen molar-refractivity contribution in [1.82, 2.24) is 9.88 Å². The third kappa shape index (κ3) is 4.32. The smallest absolute Gasteiger partial charge is 0.253 e. The first kappa shape index (κ1) is 19.6. The van der Waals surface area contributed by atoms with Crippen LogP contribution in [0.2, 0.25) is 0 Å². The van der Waals surface area contributed by atoms with Crippen LogP contribution in [0.1, 0.15) is 31.7 Å². The average molecular weight is 393 g/mol. The Morgan fingerprint density at radius 1 is 1.21 bits per heavy atom. The lowest BCUT2D eigenvalue weighted by atomic mass is 9.80. The van der Waals surface area contributed by atoms with Gasteiger partial charge in [-0.15, -0.1) is 0 Å². The normalized spacial score (nSPS) is 26.4. The Hall–Kier alpha value is -2.73. The van der Waals surface area contributed by atoms with Crippen molar-refractivity contribution in [3.05, 3.63) is 60.4 Å². The van der Waals surface area contributed by atoms with Crippen LogP contribution in [0.5, 0.6) is 0 Å². The molecule has 0 bridgehead atoms. The summed E-state index contributed by atoms with van der Waals surface area (Å²) in [6, 6.07) is 13.4. The van der Waals surface area contributed by atoms with E-state index >= 15 is 0 Å². The second kappa shape index (κ2) is 8.33. The van der Waals surface area contributed by atoms with Gasteiger partial charge in [0.25, 0.3) is 5.91 Å². The van der Waals surface area contributed by atoms with E-state index in [2.05, 4.69) is 17.2 Å². The van der Waals surface area contributed by atoms with Gasteiger partial charge < -0.3 is 15.0 Å². The van der Waals surface area contributed by atoms with E-state index in [-0.39, 0.29) is 23.3 Å². The summed E-state index contributed by atoms with van der Waals surface area (Å²) in [6.07, 6.45) is 5.59. The molecule has 2 fully saturated rings. The van der Waals surface area contributed by atoms with Crippen molar-refractivity contribution in [3.63, 3.8) is 0 Å². The van der Waals surface area contributed by atoms with Gasteiger partial charge in [-0.25, -0.2) is 0 Å². The third-order valence-corrected chi connectivity index (χ3v) is 6.18. The van der Waals surface area contributed by atoms with E-state index in [1.165, 1.54) is 0 Å². The topological polar surface area (TPSA) is 71.5 Å². The van der Waals surface area contributed by atoms with E-state index in [0.717, 1.165) is 18.4 Å². The number of ether oxygens (including phenoxy) is 1. The Labute approximate surface area is 171 Å². The Morgan fingerprint density at radius 2 is 2.03 bits per heavy atom. The summed E-state index contributed by atoms with van der Waals surface area (Å²) < 4.78 is 6.31. The zero-order chi connectivity index (χ0) is 20.3. The number of aromatic nitrogens is 1. The highest BCUT2D eigenvalue weighted by atomic mass is 16.5. The molecular weight excluding hydrogens is 366 g/mol. The second-order valence-electron chi connectivity index (χ2n) is 8.09. The zero-order valence-corrected chi connectivity index (χ0v) is 16.7. The van der Waals surface area contributed by atoms with E-state index in [1.807, 2.05) is 41.3 Å². The van der Waals surface area contributed by atoms with Crippen LogP contribution >= 0.6 is 0 Å². The molecule has 4 rings (SSSR count). The maximum absolute atomic E-state index is 12.7. The molecule has 3 heterocycles. The van der Waals surface area contributed by atoms with Crippen LogP contribution in [0.15, 0.2) is 54.9 Å². The number of piperidine rings is 1. The summed E-state index contributed by atoms with van der Waals surface area (Å²) in [5.41, 5.74) is 1.40. The number of carbonyl (C=O) groups excluding carboxylic acids is 2. The Morgan fingerprint density at radius 3 is 2.76 bits per heavy atom. The SMILES string of the molecule is C[C@@H]1CN(C(=O)Cc2ccccc2)CC[C@@]12CC[C@@H](C(=O)Nc1cccnc1)O2. The highest BCUT2D eigenvalue weighted by molar-refractivity contribution is 5.94. The van der Waals surface area contributed by atoms with Gasteiger partial charge in [0.05, 0.1) is 23.9 Å². The minimum atomic E-state index is -0.454. The van der Waals surface area contributed by atoms with Gasteiger partial charge >= 0.3 is 0 Å². The molecule has 6 heteroatoms. The van der Waals surface area contributed by atoms with Crippen LogP contribution in [0.3, 0.4) is 0 Å². The molecule has 2 aliphatic rings. The van der Waals surface area contributed by atoms with E-state index in [1.54, 1.807) is 18.5 Å². The van der Waals surface area contributed by atoms with Gasteiger partial charge in [0.1, 0.15) is 6.10 Å². The standard InChI is InChI=1S/C23H27N3O3/c1-17-16-26(21(27)14-18-6-3-2-4-7-18)13-11-23(17)10-9-20(29-23)22(28)25-19-8-5-12-24-15-19/h2-8,12,15,17,20H,9-11,13-14,16H2,1H3,(H,25,28)/t17-,20+,23+/m1/s1. The monoisotopic (exact) mass is 393 g/mol. The molecule has 0 unspecified atom stereocenters. The molecular formula is C23H27N3O3. The minimum Gasteiger partial charge on any atom is -0.362 e. The van der Waals surface area contributed by atoms with E-state index in [0.29, 0.717) is 31.6 Å². The highest BCUT2D eigenvalue weighted by Gasteiger charge is 2.49. The van der Waals surface area contributed by atoms with Crippen LogP contribution < -0.4 is 5.32 Å². The number of benzene rings is 1. The van der Waals surface area contributed by atoms with Gasteiger partial charge in [-0.2, -0.15) is 0 Å². The predicted molar refractivity (Wildman–Crippen MR) is 110 cm³/mol.